The van der Waals surface area contributed by atoms with Crippen molar-refractivity contribution >= 4 is 62.3 Å². The molecule has 0 aliphatic heterocycles. The first-order chi connectivity index (χ1) is 18.5. The quantitative estimate of drug-likeness (QED) is 0.290. The van der Waals surface area contributed by atoms with Gasteiger partial charge in [0.2, 0.25) is 21.8 Å². The summed E-state index contributed by atoms with van der Waals surface area (Å²) in [4.78, 5) is 28.8. The molecule has 0 spiro atoms. The van der Waals surface area contributed by atoms with E-state index in [1.54, 1.807) is 30.3 Å². The van der Waals surface area contributed by atoms with E-state index in [1.165, 1.54) is 17.0 Å². The number of benzene rings is 3. The number of hydrogen-bond donors (Lipinski definition) is 1. The van der Waals surface area contributed by atoms with Crippen molar-refractivity contribution in [3.63, 3.8) is 0 Å². The maximum atomic E-state index is 14.0. The molecule has 1 atom stereocenters. The molecule has 208 valence electrons. The van der Waals surface area contributed by atoms with Crippen LogP contribution in [0.5, 0.6) is 0 Å². The van der Waals surface area contributed by atoms with Gasteiger partial charge in [-0.25, -0.2) is 8.42 Å². The smallest absolute Gasteiger partial charge is 0.244 e. The van der Waals surface area contributed by atoms with Gasteiger partial charge in [0.1, 0.15) is 12.6 Å². The molecule has 0 fully saturated rings. The van der Waals surface area contributed by atoms with Crippen molar-refractivity contribution in [3.8, 4) is 0 Å². The molecule has 3 rings (SSSR count). The fourth-order valence-electron chi connectivity index (χ4n) is 4.03. The van der Waals surface area contributed by atoms with E-state index in [2.05, 4.69) is 5.32 Å². The number of hydrogen-bond acceptors (Lipinski definition) is 4. The zero-order valence-corrected chi connectivity index (χ0v) is 24.7. The van der Waals surface area contributed by atoms with Gasteiger partial charge in [0.15, 0.2) is 0 Å². The largest absolute Gasteiger partial charge is 0.354 e. The monoisotopic (exact) mass is 609 g/mol. The lowest BCUT2D eigenvalue weighted by Gasteiger charge is -2.33. The van der Waals surface area contributed by atoms with Gasteiger partial charge < -0.3 is 10.2 Å². The predicted octanol–water partition coefficient (Wildman–Crippen LogP) is 5.58. The van der Waals surface area contributed by atoms with E-state index in [0.717, 1.165) is 16.1 Å². The van der Waals surface area contributed by atoms with Crippen molar-refractivity contribution in [3.05, 3.63) is 99.0 Å². The molecule has 0 aliphatic rings. The van der Waals surface area contributed by atoms with E-state index in [0.29, 0.717) is 23.6 Å². The minimum atomic E-state index is -3.96. The number of amides is 2. The van der Waals surface area contributed by atoms with E-state index in [1.807, 2.05) is 37.3 Å². The Hall–Kier alpha value is -2.78. The number of nitrogens with zero attached hydrogens (tertiary/aromatic N) is 2. The summed E-state index contributed by atoms with van der Waals surface area (Å²) in [5.74, 6) is -0.938. The normalized spacial score (nSPS) is 12.0. The summed E-state index contributed by atoms with van der Waals surface area (Å²) >= 11 is 18.7. The second-order valence-electron chi connectivity index (χ2n) is 8.99. The Morgan fingerprint density at radius 2 is 1.59 bits per heavy atom. The fourth-order valence-corrected chi connectivity index (χ4v) is 5.55. The molecule has 0 heterocycles. The Kier molecular flexibility index (Phi) is 11.1. The van der Waals surface area contributed by atoms with Gasteiger partial charge >= 0.3 is 0 Å². The molecule has 0 aliphatic carbocycles. The number of nitrogens with one attached hydrogen (secondary N) is 1. The van der Waals surface area contributed by atoms with Crippen LogP contribution in [0.25, 0.3) is 0 Å². The van der Waals surface area contributed by atoms with Crippen molar-refractivity contribution in [2.45, 2.75) is 32.4 Å². The zero-order valence-electron chi connectivity index (χ0n) is 21.6. The number of carbonyl (C=O) groups is 2. The van der Waals surface area contributed by atoms with E-state index >= 15 is 0 Å². The third kappa shape index (κ3) is 8.60. The lowest BCUT2D eigenvalue weighted by atomic mass is 10.0. The number of halogens is 3. The highest BCUT2D eigenvalue weighted by Crippen LogP contribution is 2.34. The molecular weight excluding hydrogens is 581 g/mol. The molecule has 0 radical (unpaired) electrons. The Morgan fingerprint density at radius 1 is 0.923 bits per heavy atom. The Balaban J connectivity index is 2.07. The minimum absolute atomic E-state index is 0.000285. The van der Waals surface area contributed by atoms with E-state index in [9.17, 15) is 18.0 Å². The third-order valence-electron chi connectivity index (χ3n) is 5.94. The average molecular weight is 611 g/mol. The van der Waals surface area contributed by atoms with Crippen LogP contribution in [0.2, 0.25) is 15.1 Å². The van der Waals surface area contributed by atoms with Gasteiger partial charge in [-0.3, -0.25) is 13.9 Å². The first-order valence-corrected chi connectivity index (χ1v) is 15.3. The van der Waals surface area contributed by atoms with Gasteiger partial charge in [-0.1, -0.05) is 90.3 Å². The molecule has 0 saturated carbocycles. The van der Waals surface area contributed by atoms with Gasteiger partial charge in [0.25, 0.3) is 0 Å². The molecule has 11 heteroatoms. The van der Waals surface area contributed by atoms with Gasteiger partial charge in [0, 0.05) is 24.5 Å². The van der Waals surface area contributed by atoms with Crippen molar-refractivity contribution in [2.75, 3.05) is 23.7 Å². The van der Waals surface area contributed by atoms with Crippen LogP contribution in [0.3, 0.4) is 0 Å². The van der Waals surface area contributed by atoms with Gasteiger partial charge in [0.05, 0.1) is 22.0 Å². The predicted molar refractivity (Wildman–Crippen MR) is 158 cm³/mol. The Labute approximate surface area is 244 Å². The summed E-state index contributed by atoms with van der Waals surface area (Å²) in [6.07, 6.45) is 1.91. The highest BCUT2D eigenvalue weighted by molar-refractivity contribution is 7.92. The lowest BCUT2D eigenvalue weighted by molar-refractivity contribution is -0.140. The van der Waals surface area contributed by atoms with Crippen LogP contribution in [0.1, 0.15) is 24.5 Å². The minimum Gasteiger partial charge on any atom is -0.354 e. The van der Waals surface area contributed by atoms with E-state index in [4.69, 9.17) is 34.8 Å². The lowest BCUT2D eigenvalue weighted by Crippen LogP contribution is -2.53. The van der Waals surface area contributed by atoms with Crippen LogP contribution in [0, 0.1) is 0 Å². The van der Waals surface area contributed by atoms with Gasteiger partial charge in [-0.05, 0) is 41.8 Å². The Bertz CT molecular complexity index is 1400. The summed E-state index contributed by atoms with van der Waals surface area (Å²) in [6.45, 7) is 1.79. The molecule has 1 N–H and O–H groups in total. The molecule has 3 aromatic carbocycles. The van der Waals surface area contributed by atoms with Crippen molar-refractivity contribution in [2.24, 2.45) is 0 Å². The average Bonchev–Trinajstić information content (AvgIpc) is 2.89. The summed E-state index contributed by atoms with van der Waals surface area (Å²) in [5, 5.41) is 3.50. The summed E-state index contributed by atoms with van der Waals surface area (Å²) in [6, 6.07) is 19.9. The SMILES string of the molecule is CCCNC(=O)[C@@H](Cc1ccccc1)N(Cc1cccc(Cl)c1)C(=O)CN(c1cccc(Cl)c1Cl)S(C)(=O)=O. The zero-order chi connectivity index (χ0) is 28.6. The summed E-state index contributed by atoms with van der Waals surface area (Å²) < 4.78 is 26.6. The second kappa shape index (κ2) is 14.0. The number of sulfonamides is 1. The first-order valence-electron chi connectivity index (χ1n) is 12.3. The standard InChI is InChI=1S/C28H30Cl3N3O4S/c1-3-15-32-28(36)25(17-20-9-5-4-6-10-20)33(18-21-11-7-12-22(29)16-21)26(35)19-34(39(2,37)38)24-14-8-13-23(30)27(24)31/h4-14,16,25H,3,15,17-19H2,1-2H3,(H,32,36)/t25-/m1/s1. The summed E-state index contributed by atoms with van der Waals surface area (Å²) in [5.41, 5.74) is 1.59. The topological polar surface area (TPSA) is 86.8 Å². The summed E-state index contributed by atoms with van der Waals surface area (Å²) in [7, 11) is -3.96. The number of anilines is 1. The maximum Gasteiger partial charge on any atom is 0.244 e. The second-order valence-corrected chi connectivity index (χ2v) is 12.1. The molecule has 0 saturated heterocycles. The van der Waals surface area contributed by atoms with E-state index < -0.39 is 28.5 Å². The fraction of sp³-hybridized carbons (Fsp3) is 0.286. The molecule has 0 aromatic heterocycles. The van der Waals surface area contributed by atoms with Crippen LogP contribution in [0.15, 0.2) is 72.8 Å². The molecular formula is C28H30Cl3N3O4S. The molecule has 0 bridgehead atoms. The van der Waals surface area contributed by atoms with Crippen LogP contribution in [0.4, 0.5) is 5.69 Å². The molecule has 2 amide bonds. The number of rotatable bonds is 12. The number of carbonyl (C=O) groups excluding carboxylic acids is 2. The van der Waals surface area contributed by atoms with Crippen molar-refractivity contribution in [1.82, 2.24) is 10.2 Å². The molecule has 7 nitrogen and oxygen atoms in total. The van der Waals surface area contributed by atoms with Gasteiger partial charge in [-0.2, -0.15) is 0 Å². The molecule has 3 aromatic rings. The molecule has 0 unspecified atom stereocenters. The molecule has 39 heavy (non-hydrogen) atoms. The highest BCUT2D eigenvalue weighted by Gasteiger charge is 2.33. The van der Waals surface area contributed by atoms with Crippen molar-refractivity contribution in [1.29, 1.82) is 0 Å². The highest BCUT2D eigenvalue weighted by atomic mass is 35.5. The van der Waals surface area contributed by atoms with Crippen LogP contribution in [-0.4, -0.2) is 50.5 Å². The Morgan fingerprint density at radius 3 is 2.23 bits per heavy atom. The van der Waals surface area contributed by atoms with Gasteiger partial charge in [-0.15, -0.1) is 0 Å². The first kappa shape index (κ1) is 30.8. The van der Waals surface area contributed by atoms with Crippen molar-refractivity contribution < 1.29 is 18.0 Å². The van der Waals surface area contributed by atoms with E-state index in [-0.39, 0.29) is 34.6 Å². The van der Waals surface area contributed by atoms with Crippen LogP contribution < -0.4 is 9.62 Å². The van der Waals surface area contributed by atoms with Crippen LogP contribution in [-0.2, 0) is 32.6 Å². The van der Waals surface area contributed by atoms with Crippen LogP contribution >= 0.6 is 34.8 Å². The third-order valence-corrected chi connectivity index (χ3v) is 8.11. The maximum absolute atomic E-state index is 14.0.